The molecule has 0 spiro atoms. The molecule has 8 heteroatoms. The van der Waals surface area contributed by atoms with Crippen molar-refractivity contribution < 1.29 is 17.4 Å². The van der Waals surface area contributed by atoms with Gasteiger partial charge >= 0.3 is 0 Å². The van der Waals surface area contributed by atoms with E-state index >= 15 is 0 Å². The van der Waals surface area contributed by atoms with E-state index in [1.165, 1.54) is 6.07 Å². The van der Waals surface area contributed by atoms with Crippen molar-refractivity contribution >= 4 is 36.4 Å². The summed E-state index contributed by atoms with van der Waals surface area (Å²) in [7, 11) is 0.447. The van der Waals surface area contributed by atoms with Gasteiger partial charge in [-0.1, -0.05) is 13.0 Å². The Hall–Kier alpha value is -0.920. The number of rotatable bonds is 6. The molecule has 5 nitrogen and oxygen atoms in total. The lowest BCUT2D eigenvalue weighted by Crippen LogP contribution is -2.32. The summed E-state index contributed by atoms with van der Waals surface area (Å²) in [5.74, 6) is -0.420. The summed E-state index contributed by atoms with van der Waals surface area (Å²) in [4.78, 5) is 12.0. The minimum Gasteiger partial charge on any atom is -0.351 e. The van der Waals surface area contributed by atoms with Gasteiger partial charge in [0, 0.05) is 45.1 Å². The molecule has 0 radical (unpaired) electrons. The fraction of sp³-hybridized carbons (Fsp3) is 0.462. The van der Waals surface area contributed by atoms with Crippen LogP contribution >= 0.6 is 10.7 Å². The first-order valence-electron chi connectivity index (χ1n) is 6.34. The van der Waals surface area contributed by atoms with Gasteiger partial charge in [0.2, 0.25) is 0 Å². The van der Waals surface area contributed by atoms with Crippen molar-refractivity contribution in [3.8, 4) is 0 Å². The first-order valence-corrected chi connectivity index (χ1v) is 10.3. The molecule has 0 fully saturated rings. The molecule has 1 aromatic rings. The molecule has 1 aromatic carbocycles. The zero-order valence-corrected chi connectivity index (χ0v) is 14.4. The maximum atomic E-state index is 12.0. The van der Waals surface area contributed by atoms with Crippen molar-refractivity contribution in [2.45, 2.75) is 30.4 Å². The van der Waals surface area contributed by atoms with E-state index in [9.17, 15) is 17.4 Å². The third-order valence-electron chi connectivity index (χ3n) is 3.09. The number of halogens is 1. The Bertz CT molecular complexity index is 658. The fourth-order valence-electron chi connectivity index (χ4n) is 1.67. The zero-order chi connectivity index (χ0) is 16.2. The highest BCUT2D eigenvalue weighted by Crippen LogP contribution is 2.22. The van der Waals surface area contributed by atoms with Crippen molar-refractivity contribution in [3.05, 3.63) is 29.3 Å². The van der Waals surface area contributed by atoms with Gasteiger partial charge in [-0.15, -0.1) is 0 Å². The lowest BCUT2D eigenvalue weighted by Gasteiger charge is -2.11. The average molecular weight is 352 g/mol. The van der Waals surface area contributed by atoms with Crippen LogP contribution in [0.2, 0.25) is 0 Å². The topological polar surface area (TPSA) is 80.3 Å². The van der Waals surface area contributed by atoms with Crippen LogP contribution in [0.4, 0.5) is 0 Å². The number of benzene rings is 1. The SMILES string of the molecule is CCc1ccc(C(=O)NCC(C)S(C)=O)cc1S(=O)(=O)Cl. The molecule has 2 atom stereocenters. The van der Waals surface area contributed by atoms with E-state index in [0.717, 1.165) is 0 Å². The Morgan fingerprint density at radius 1 is 1.43 bits per heavy atom. The molecule has 0 saturated heterocycles. The van der Waals surface area contributed by atoms with Crippen molar-refractivity contribution in [1.82, 2.24) is 5.32 Å². The van der Waals surface area contributed by atoms with Crippen LogP contribution in [-0.4, -0.2) is 36.6 Å². The minimum atomic E-state index is -3.90. The van der Waals surface area contributed by atoms with Gasteiger partial charge in [0.1, 0.15) is 0 Å². The quantitative estimate of drug-likeness (QED) is 0.790. The second-order valence-electron chi connectivity index (χ2n) is 4.63. The monoisotopic (exact) mass is 351 g/mol. The van der Waals surface area contributed by atoms with Gasteiger partial charge in [-0.25, -0.2) is 8.42 Å². The number of carbonyl (C=O) groups is 1. The summed E-state index contributed by atoms with van der Waals surface area (Å²) in [6.07, 6.45) is 2.06. The Morgan fingerprint density at radius 2 is 2.05 bits per heavy atom. The molecular formula is C13H18ClNO4S2. The van der Waals surface area contributed by atoms with Crippen molar-refractivity contribution in [3.63, 3.8) is 0 Å². The molecule has 2 unspecified atom stereocenters. The van der Waals surface area contributed by atoms with Crippen LogP contribution in [0.5, 0.6) is 0 Å². The molecule has 0 aliphatic carbocycles. The molecule has 0 aromatic heterocycles. The van der Waals surface area contributed by atoms with Gasteiger partial charge < -0.3 is 5.32 Å². The highest BCUT2D eigenvalue weighted by Gasteiger charge is 2.18. The number of hydrogen-bond acceptors (Lipinski definition) is 4. The van der Waals surface area contributed by atoms with Crippen LogP contribution in [-0.2, 0) is 26.3 Å². The van der Waals surface area contributed by atoms with Crippen LogP contribution in [0.3, 0.4) is 0 Å². The molecule has 1 rings (SSSR count). The van der Waals surface area contributed by atoms with Gasteiger partial charge in [0.15, 0.2) is 0 Å². The lowest BCUT2D eigenvalue weighted by molar-refractivity contribution is 0.0954. The average Bonchev–Trinajstić information content (AvgIpc) is 2.42. The normalized spacial score (nSPS) is 14.5. The predicted molar refractivity (Wildman–Crippen MR) is 84.7 cm³/mol. The molecule has 0 bridgehead atoms. The first kappa shape index (κ1) is 18.1. The first-order chi connectivity index (χ1) is 9.66. The van der Waals surface area contributed by atoms with Crippen LogP contribution in [0, 0.1) is 0 Å². The van der Waals surface area contributed by atoms with Crippen molar-refractivity contribution in [2.75, 3.05) is 12.8 Å². The van der Waals surface area contributed by atoms with Crippen LogP contribution in [0.25, 0.3) is 0 Å². The molecule has 21 heavy (non-hydrogen) atoms. The highest BCUT2D eigenvalue weighted by molar-refractivity contribution is 8.13. The smallest absolute Gasteiger partial charge is 0.261 e. The van der Waals surface area contributed by atoms with Gasteiger partial charge in [-0.3, -0.25) is 9.00 Å². The molecule has 1 N–H and O–H groups in total. The Morgan fingerprint density at radius 3 is 2.52 bits per heavy atom. The number of amides is 1. The van der Waals surface area contributed by atoms with E-state index in [-0.39, 0.29) is 22.3 Å². The summed E-state index contributed by atoms with van der Waals surface area (Å²) in [5.41, 5.74) is 0.769. The molecule has 0 aliphatic heterocycles. The predicted octanol–water partition coefficient (Wildman–Crippen LogP) is 1.67. The maximum Gasteiger partial charge on any atom is 0.261 e. The second kappa shape index (κ2) is 7.38. The largest absolute Gasteiger partial charge is 0.351 e. The molecule has 0 aliphatic rings. The lowest BCUT2D eigenvalue weighted by atomic mass is 10.1. The van der Waals surface area contributed by atoms with E-state index < -0.39 is 25.8 Å². The molecular weight excluding hydrogens is 334 g/mol. The van der Waals surface area contributed by atoms with Crippen LogP contribution in [0.1, 0.15) is 29.8 Å². The second-order valence-corrected chi connectivity index (χ2v) is 8.97. The van der Waals surface area contributed by atoms with Gasteiger partial charge in [0.25, 0.3) is 15.0 Å². The molecule has 0 saturated carbocycles. The number of nitrogens with one attached hydrogen (secondary N) is 1. The van der Waals surface area contributed by atoms with E-state index in [1.807, 2.05) is 0 Å². The number of aryl methyl sites for hydroxylation is 1. The highest BCUT2D eigenvalue weighted by atomic mass is 35.7. The van der Waals surface area contributed by atoms with Crippen LogP contribution < -0.4 is 5.32 Å². The molecule has 1 amide bonds. The standard InChI is InChI=1S/C13H18ClNO4S2/c1-4-10-5-6-11(7-12(10)21(14,18)19)13(16)15-8-9(2)20(3)17/h5-7,9H,4,8H2,1-3H3,(H,15,16). The number of hydrogen-bond donors (Lipinski definition) is 1. The van der Waals surface area contributed by atoms with Gasteiger partial charge in [-0.2, -0.15) is 0 Å². The van der Waals surface area contributed by atoms with Crippen LogP contribution in [0.15, 0.2) is 23.1 Å². The van der Waals surface area contributed by atoms with Gasteiger partial charge in [0.05, 0.1) is 4.90 Å². The molecule has 0 heterocycles. The summed E-state index contributed by atoms with van der Waals surface area (Å²) in [6.45, 7) is 3.81. The van der Waals surface area contributed by atoms with E-state index in [1.54, 1.807) is 32.2 Å². The third-order valence-corrected chi connectivity index (χ3v) is 5.79. The summed E-state index contributed by atoms with van der Waals surface area (Å²) in [6, 6.07) is 4.39. The minimum absolute atomic E-state index is 0.0496. The Labute approximate surface area is 132 Å². The number of carbonyl (C=O) groups excluding carboxylic acids is 1. The van der Waals surface area contributed by atoms with Crippen molar-refractivity contribution in [1.29, 1.82) is 0 Å². The third kappa shape index (κ3) is 5.09. The van der Waals surface area contributed by atoms with E-state index in [4.69, 9.17) is 10.7 Å². The van der Waals surface area contributed by atoms with Gasteiger partial charge in [-0.05, 0) is 31.0 Å². The fourth-order valence-corrected chi connectivity index (χ4v) is 3.21. The Kier molecular flexibility index (Phi) is 6.37. The van der Waals surface area contributed by atoms with E-state index in [0.29, 0.717) is 12.0 Å². The zero-order valence-electron chi connectivity index (χ0n) is 12.1. The summed E-state index contributed by atoms with van der Waals surface area (Å²) >= 11 is 0. The molecule has 118 valence electrons. The Balaban J connectivity index is 2.99. The van der Waals surface area contributed by atoms with Crippen molar-refractivity contribution in [2.24, 2.45) is 0 Å². The maximum absolute atomic E-state index is 12.0. The summed E-state index contributed by atoms with van der Waals surface area (Å²) in [5, 5.41) is 2.45. The van der Waals surface area contributed by atoms with E-state index in [2.05, 4.69) is 5.32 Å². The summed E-state index contributed by atoms with van der Waals surface area (Å²) < 4.78 is 34.3.